The number of ether oxygens (including phenoxy) is 2. The molecule has 0 spiro atoms. The molecule has 118 valence electrons. The van der Waals surface area contributed by atoms with Crippen LogP contribution in [0.15, 0.2) is 34.8 Å². The van der Waals surface area contributed by atoms with Crippen LogP contribution in [0.3, 0.4) is 0 Å². The highest BCUT2D eigenvalue weighted by Crippen LogP contribution is 2.38. The lowest BCUT2D eigenvalue weighted by molar-refractivity contribution is -0.110. The van der Waals surface area contributed by atoms with Crippen molar-refractivity contribution < 1.29 is 14.3 Å². The van der Waals surface area contributed by atoms with Gasteiger partial charge >= 0.3 is 0 Å². The van der Waals surface area contributed by atoms with Gasteiger partial charge in [0, 0.05) is 21.3 Å². The van der Waals surface area contributed by atoms with E-state index in [0.717, 1.165) is 24.9 Å². The fourth-order valence-electron chi connectivity index (χ4n) is 2.49. The predicted molar refractivity (Wildman–Crippen MR) is 103 cm³/mol. The molecular weight excluding hydrogens is 473 g/mol. The number of hydrogen-bond donors (Lipinski definition) is 1. The third-order valence-corrected chi connectivity index (χ3v) is 4.83. The molecule has 2 aromatic carbocycles. The van der Waals surface area contributed by atoms with Gasteiger partial charge in [-0.2, -0.15) is 0 Å². The number of carbonyl (C=O) groups excluding carboxylic acids is 1. The third kappa shape index (κ3) is 3.10. The standard InChI is InChI=1S/C17H13BrINO3/c1-22-15-7-9(6-13(19)16(15)23-2)5-12-11-8-10(18)3-4-14(11)20-17(12)21/h3-8H,1-2H3,(H,20,21)/b12-5-. The molecule has 0 bridgehead atoms. The maximum absolute atomic E-state index is 12.3. The lowest BCUT2D eigenvalue weighted by Gasteiger charge is -2.10. The number of amides is 1. The number of halogens is 2. The lowest BCUT2D eigenvalue weighted by atomic mass is 10.0. The molecule has 1 aliphatic rings. The van der Waals surface area contributed by atoms with Crippen LogP contribution in [-0.4, -0.2) is 20.1 Å². The first-order chi connectivity index (χ1) is 11.0. The zero-order chi connectivity index (χ0) is 16.6. The van der Waals surface area contributed by atoms with Crippen molar-refractivity contribution in [1.29, 1.82) is 0 Å². The Kier molecular flexibility index (Phi) is 4.63. The Labute approximate surface area is 156 Å². The van der Waals surface area contributed by atoms with Crippen molar-refractivity contribution in [3.05, 3.63) is 49.5 Å². The van der Waals surface area contributed by atoms with Crippen LogP contribution in [0, 0.1) is 3.57 Å². The predicted octanol–water partition coefficient (Wildman–Crippen LogP) is 4.56. The normalized spacial score (nSPS) is 14.6. The van der Waals surface area contributed by atoms with E-state index in [2.05, 4.69) is 43.8 Å². The first-order valence-corrected chi connectivity index (χ1v) is 8.65. The summed E-state index contributed by atoms with van der Waals surface area (Å²) in [7, 11) is 3.20. The van der Waals surface area contributed by atoms with Crippen molar-refractivity contribution in [2.45, 2.75) is 0 Å². The highest BCUT2D eigenvalue weighted by Gasteiger charge is 2.24. The van der Waals surface area contributed by atoms with Crippen molar-refractivity contribution in [3.8, 4) is 11.5 Å². The molecule has 0 saturated carbocycles. The third-order valence-electron chi connectivity index (χ3n) is 3.53. The summed E-state index contributed by atoms with van der Waals surface area (Å²) in [5.41, 5.74) is 3.21. The number of methoxy groups -OCH3 is 2. The van der Waals surface area contributed by atoms with Crippen molar-refractivity contribution in [1.82, 2.24) is 0 Å². The van der Waals surface area contributed by atoms with Crippen LogP contribution >= 0.6 is 38.5 Å². The Hall–Kier alpha value is -1.54. The molecule has 0 fully saturated rings. The fraction of sp³-hybridized carbons (Fsp3) is 0.118. The van der Waals surface area contributed by atoms with Gasteiger partial charge in [-0.1, -0.05) is 15.9 Å². The summed E-state index contributed by atoms with van der Waals surface area (Å²) in [5.74, 6) is 1.22. The highest BCUT2D eigenvalue weighted by atomic mass is 127. The van der Waals surface area contributed by atoms with Gasteiger partial charge in [0.15, 0.2) is 11.5 Å². The van der Waals surface area contributed by atoms with Gasteiger partial charge in [0.1, 0.15) is 0 Å². The Morgan fingerprint density at radius 1 is 1.17 bits per heavy atom. The number of hydrogen-bond acceptors (Lipinski definition) is 3. The second-order valence-electron chi connectivity index (χ2n) is 4.94. The van der Waals surface area contributed by atoms with Crippen LogP contribution in [0.25, 0.3) is 11.6 Å². The van der Waals surface area contributed by atoms with E-state index < -0.39 is 0 Å². The van der Waals surface area contributed by atoms with Crippen LogP contribution in [0.5, 0.6) is 11.5 Å². The minimum Gasteiger partial charge on any atom is -0.493 e. The van der Waals surface area contributed by atoms with Crippen molar-refractivity contribution in [2.75, 3.05) is 19.5 Å². The smallest absolute Gasteiger partial charge is 0.256 e. The number of anilines is 1. The molecule has 2 aromatic rings. The molecule has 0 aromatic heterocycles. The number of benzene rings is 2. The van der Waals surface area contributed by atoms with E-state index in [1.165, 1.54) is 0 Å². The van der Waals surface area contributed by atoms with E-state index in [1.807, 2.05) is 36.4 Å². The van der Waals surface area contributed by atoms with Crippen LogP contribution in [-0.2, 0) is 4.79 Å². The maximum atomic E-state index is 12.3. The summed E-state index contributed by atoms with van der Waals surface area (Å²) >= 11 is 5.64. The average Bonchev–Trinajstić information content (AvgIpc) is 2.82. The van der Waals surface area contributed by atoms with E-state index in [0.29, 0.717) is 17.1 Å². The summed E-state index contributed by atoms with van der Waals surface area (Å²) < 4.78 is 12.6. The maximum Gasteiger partial charge on any atom is 0.256 e. The summed E-state index contributed by atoms with van der Waals surface area (Å²) in [5, 5.41) is 2.87. The molecule has 0 unspecified atom stereocenters. The Morgan fingerprint density at radius 3 is 2.65 bits per heavy atom. The molecule has 6 heteroatoms. The quantitative estimate of drug-likeness (QED) is 0.512. The monoisotopic (exact) mass is 485 g/mol. The molecule has 23 heavy (non-hydrogen) atoms. The molecule has 4 nitrogen and oxygen atoms in total. The van der Waals surface area contributed by atoms with E-state index in [9.17, 15) is 4.79 Å². The number of fused-ring (bicyclic) bond motifs is 1. The van der Waals surface area contributed by atoms with Gasteiger partial charge < -0.3 is 14.8 Å². The van der Waals surface area contributed by atoms with Gasteiger partial charge in [0.2, 0.25) is 0 Å². The van der Waals surface area contributed by atoms with E-state index in [1.54, 1.807) is 14.2 Å². The summed E-state index contributed by atoms with van der Waals surface area (Å²) in [6.07, 6.45) is 1.86. The SMILES string of the molecule is COc1cc(/C=C2\C(=O)Nc3ccc(Br)cc32)cc(I)c1OC. The summed E-state index contributed by atoms with van der Waals surface area (Å²) in [4.78, 5) is 12.3. The molecular formula is C17H13BrINO3. The topological polar surface area (TPSA) is 47.6 Å². The van der Waals surface area contributed by atoms with E-state index in [-0.39, 0.29) is 5.91 Å². The van der Waals surface area contributed by atoms with Crippen molar-refractivity contribution in [3.63, 3.8) is 0 Å². The van der Waals surface area contributed by atoms with Crippen LogP contribution in [0.1, 0.15) is 11.1 Å². The van der Waals surface area contributed by atoms with Gasteiger partial charge in [-0.3, -0.25) is 4.79 Å². The molecule has 1 amide bonds. The largest absolute Gasteiger partial charge is 0.493 e. The number of rotatable bonds is 3. The second kappa shape index (κ2) is 6.52. The average molecular weight is 486 g/mol. The van der Waals surface area contributed by atoms with Crippen molar-refractivity contribution >= 4 is 61.8 Å². The first kappa shape index (κ1) is 16.3. The molecule has 0 atom stereocenters. The second-order valence-corrected chi connectivity index (χ2v) is 7.02. The van der Waals surface area contributed by atoms with Crippen LogP contribution < -0.4 is 14.8 Å². The molecule has 1 aliphatic heterocycles. The Morgan fingerprint density at radius 2 is 1.96 bits per heavy atom. The summed E-state index contributed by atoms with van der Waals surface area (Å²) in [6.45, 7) is 0. The fourth-order valence-corrected chi connectivity index (χ4v) is 3.70. The lowest BCUT2D eigenvalue weighted by Crippen LogP contribution is -2.03. The van der Waals surface area contributed by atoms with Gasteiger partial charge in [-0.15, -0.1) is 0 Å². The van der Waals surface area contributed by atoms with Crippen LogP contribution in [0.4, 0.5) is 5.69 Å². The highest BCUT2D eigenvalue weighted by molar-refractivity contribution is 14.1. The Bertz CT molecular complexity index is 833. The Balaban J connectivity index is 2.11. The van der Waals surface area contributed by atoms with Gasteiger partial charge in [0.25, 0.3) is 5.91 Å². The summed E-state index contributed by atoms with van der Waals surface area (Å²) in [6, 6.07) is 9.54. The van der Waals surface area contributed by atoms with Gasteiger partial charge in [-0.25, -0.2) is 0 Å². The molecule has 0 saturated heterocycles. The van der Waals surface area contributed by atoms with E-state index in [4.69, 9.17) is 9.47 Å². The molecule has 1 heterocycles. The number of carbonyl (C=O) groups is 1. The van der Waals surface area contributed by atoms with Gasteiger partial charge in [-0.05, 0) is 64.6 Å². The molecule has 0 aliphatic carbocycles. The van der Waals surface area contributed by atoms with Crippen molar-refractivity contribution in [2.24, 2.45) is 0 Å². The van der Waals surface area contributed by atoms with Crippen LogP contribution in [0.2, 0.25) is 0 Å². The molecule has 0 radical (unpaired) electrons. The minimum absolute atomic E-state index is 0.108. The van der Waals surface area contributed by atoms with Gasteiger partial charge in [0.05, 0.1) is 17.8 Å². The minimum atomic E-state index is -0.108. The first-order valence-electron chi connectivity index (χ1n) is 6.78. The number of nitrogens with one attached hydrogen (secondary N) is 1. The molecule has 3 rings (SSSR count). The molecule has 1 N–H and O–H groups in total. The van der Waals surface area contributed by atoms with E-state index >= 15 is 0 Å². The zero-order valence-corrected chi connectivity index (χ0v) is 16.2. The zero-order valence-electron chi connectivity index (χ0n) is 12.4.